The van der Waals surface area contributed by atoms with Gasteiger partial charge in [0.25, 0.3) is 0 Å². The van der Waals surface area contributed by atoms with Crippen LogP contribution < -0.4 is 21.1 Å². The molecule has 134 valence electrons. The number of rotatable bonds is 6. The summed E-state index contributed by atoms with van der Waals surface area (Å²) in [5, 5.41) is 5.64. The van der Waals surface area contributed by atoms with Crippen molar-refractivity contribution in [3.8, 4) is 5.75 Å². The standard InChI is InChI=1S/C17H25N3O3.ClH/c1-11(21)20-15-8-12(6-7-16(15)23-2)10-19-17(22)9-13-4-3-5-14(13)18;/h6-8,13-14H,3-5,9-10,18H2,1-2H3,(H,19,22)(H,20,21);1H/t13-,14+;/m0./s1. The molecule has 1 aromatic rings. The Hall–Kier alpha value is -1.79. The fourth-order valence-electron chi connectivity index (χ4n) is 2.98. The second-order valence-corrected chi connectivity index (χ2v) is 6.05. The molecule has 0 aliphatic heterocycles. The summed E-state index contributed by atoms with van der Waals surface area (Å²) < 4.78 is 5.21. The second kappa shape index (κ2) is 9.49. The molecule has 0 bridgehead atoms. The van der Waals surface area contributed by atoms with Crippen molar-refractivity contribution < 1.29 is 14.3 Å². The van der Waals surface area contributed by atoms with Crippen LogP contribution in [0.5, 0.6) is 5.75 Å². The minimum absolute atomic E-state index is 0. The van der Waals surface area contributed by atoms with E-state index in [-0.39, 0.29) is 30.3 Å². The molecule has 0 aromatic heterocycles. The highest BCUT2D eigenvalue weighted by Gasteiger charge is 2.25. The van der Waals surface area contributed by atoms with Gasteiger partial charge in [-0.2, -0.15) is 0 Å². The fraction of sp³-hybridized carbons (Fsp3) is 0.529. The van der Waals surface area contributed by atoms with E-state index in [0.29, 0.717) is 30.3 Å². The highest BCUT2D eigenvalue weighted by molar-refractivity contribution is 5.90. The molecule has 2 rings (SSSR count). The molecule has 0 unspecified atom stereocenters. The number of nitrogens with two attached hydrogens (primary N) is 1. The monoisotopic (exact) mass is 355 g/mol. The summed E-state index contributed by atoms with van der Waals surface area (Å²) in [6.45, 7) is 1.86. The van der Waals surface area contributed by atoms with Crippen LogP contribution in [0.25, 0.3) is 0 Å². The molecule has 0 spiro atoms. The fourth-order valence-corrected chi connectivity index (χ4v) is 2.98. The van der Waals surface area contributed by atoms with Crippen molar-refractivity contribution in [2.24, 2.45) is 11.7 Å². The molecule has 0 radical (unpaired) electrons. The van der Waals surface area contributed by atoms with Crippen molar-refractivity contribution in [2.75, 3.05) is 12.4 Å². The molecule has 0 heterocycles. The molecule has 0 saturated heterocycles. The normalized spacial score (nSPS) is 19.3. The summed E-state index contributed by atoms with van der Waals surface area (Å²) in [6, 6.07) is 5.60. The number of hydrogen-bond acceptors (Lipinski definition) is 4. The maximum absolute atomic E-state index is 12.0. The zero-order valence-corrected chi connectivity index (χ0v) is 14.9. The van der Waals surface area contributed by atoms with Crippen molar-refractivity contribution in [2.45, 2.75) is 45.2 Å². The van der Waals surface area contributed by atoms with E-state index < -0.39 is 0 Å². The third-order valence-electron chi connectivity index (χ3n) is 4.23. The first-order valence-electron chi connectivity index (χ1n) is 7.96. The number of hydrogen-bond donors (Lipinski definition) is 3. The minimum Gasteiger partial charge on any atom is -0.495 e. The van der Waals surface area contributed by atoms with Crippen molar-refractivity contribution in [3.05, 3.63) is 23.8 Å². The van der Waals surface area contributed by atoms with Gasteiger partial charge in [-0.15, -0.1) is 12.4 Å². The Labute approximate surface area is 148 Å². The highest BCUT2D eigenvalue weighted by Crippen LogP contribution is 2.27. The zero-order chi connectivity index (χ0) is 16.8. The summed E-state index contributed by atoms with van der Waals surface area (Å²) in [7, 11) is 1.55. The molecule has 1 saturated carbocycles. The summed E-state index contributed by atoms with van der Waals surface area (Å²) in [5.41, 5.74) is 7.50. The van der Waals surface area contributed by atoms with Crippen LogP contribution in [0.4, 0.5) is 5.69 Å². The first-order valence-corrected chi connectivity index (χ1v) is 7.96. The van der Waals surface area contributed by atoms with Crippen molar-refractivity contribution in [1.82, 2.24) is 5.32 Å². The van der Waals surface area contributed by atoms with Crippen molar-refractivity contribution in [1.29, 1.82) is 0 Å². The smallest absolute Gasteiger partial charge is 0.221 e. The van der Waals surface area contributed by atoms with E-state index in [0.717, 1.165) is 24.8 Å². The molecule has 1 fully saturated rings. The van der Waals surface area contributed by atoms with Gasteiger partial charge in [-0.05, 0) is 36.5 Å². The van der Waals surface area contributed by atoms with Gasteiger partial charge in [0.15, 0.2) is 0 Å². The number of ether oxygens (including phenoxy) is 1. The van der Waals surface area contributed by atoms with Crippen LogP contribution in [0.3, 0.4) is 0 Å². The van der Waals surface area contributed by atoms with E-state index >= 15 is 0 Å². The zero-order valence-electron chi connectivity index (χ0n) is 14.1. The van der Waals surface area contributed by atoms with E-state index in [2.05, 4.69) is 10.6 Å². The number of benzene rings is 1. The van der Waals surface area contributed by atoms with Gasteiger partial charge in [0, 0.05) is 25.9 Å². The Morgan fingerprint density at radius 1 is 1.33 bits per heavy atom. The largest absolute Gasteiger partial charge is 0.495 e. The Morgan fingerprint density at radius 2 is 2.08 bits per heavy atom. The van der Waals surface area contributed by atoms with Gasteiger partial charge in [0.2, 0.25) is 11.8 Å². The average Bonchev–Trinajstić information content (AvgIpc) is 2.90. The maximum atomic E-state index is 12.0. The molecule has 2 amide bonds. The Bertz CT molecular complexity index is 580. The van der Waals surface area contributed by atoms with Gasteiger partial charge >= 0.3 is 0 Å². The molecule has 7 heteroatoms. The third kappa shape index (κ3) is 5.69. The molecule has 1 aliphatic rings. The predicted octanol–water partition coefficient (Wildman–Crippen LogP) is 2.21. The first kappa shape index (κ1) is 20.3. The summed E-state index contributed by atoms with van der Waals surface area (Å²) in [6.07, 6.45) is 3.63. The number of halogens is 1. The molecule has 4 N–H and O–H groups in total. The Balaban J connectivity index is 0.00000288. The quantitative estimate of drug-likeness (QED) is 0.729. The molecule has 2 atom stereocenters. The summed E-state index contributed by atoms with van der Waals surface area (Å²) >= 11 is 0. The van der Waals surface area contributed by atoms with Crippen LogP contribution in [0.15, 0.2) is 18.2 Å². The maximum Gasteiger partial charge on any atom is 0.221 e. The minimum atomic E-state index is -0.167. The topological polar surface area (TPSA) is 93.4 Å². The van der Waals surface area contributed by atoms with Crippen LogP contribution in [0.2, 0.25) is 0 Å². The van der Waals surface area contributed by atoms with Crippen LogP contribution in [0, 0.1) is 5.92 Å². The Kier molecular flexibility index (Phi) is 8.01. The van der Waals surface area contributed by atoms with E-state index in [1.165, 1.54) is 6.92 Å². The Morgan fingerprint density at radius 3 is 2.67 bits per heavy atom. The van der Waals surface area contributed by atoms with Crippen LogP contribution >= 0.6 is 12.4 Å². The lowest BCUT2D eigenvalue weighted by molar-refractivity contribution is -0.122. The van der Waals surface area contributed by atoms with E-state index in [4.69, 9.17) is 10.5 Å². The van der Waals surface area contributed by atoms with Gasteiger partial charge in [-0.3, -0.25) is 9.59 Å². The number of anilines is 1. The van der Waals surface area contributed by atoms with Gasteiger partial charge in [0.1, 0.15) is 5.75 Å². The predicted molar refractivity (Wildman–Crippen MR) is 96.3 cm³/mol. The molecule has 1 aliphatic carbocycles. The number of amides is 2. The van der Waals surface area contributed by atoms with Gasteiger partial charge in [0.05, 0.1) is 12.8 Å². The van der Waals surface area contributed by atoms with E-state index in [1.807, 2.05) is 12.1 Å². The SMILES string of the molecule is COc1ccc(CNC(=O)C[C@@H]2CCC[C@H]2N)cc1NC(C)=O.Cl. The average molecular weight is 356 g/mol. The van der Waals surface area contributed by atoms with E-state index in [1.54, 1.807) is 13.2 Å². The summed E-state index contributed by atoms with van der Waals surface area (Å²) in [5.74, 6) is 0.733. The first-order chi connectivity index (χ1) is 11.0. The number of nitrogens with one attached hydrogen (secondary N) is 2. The van der Waals surface area contributed by atoms with Crippen LogP contribution in [0.1, 0.15) is 38.2 Å². The molecule has 6 nitrogen and oxygen atoms in total. The number of carbonyl (C=O) groups is 2. The number of carbonyl (C=O) groups excluding carboxylic acids is 2. The number of methoxy groups -OCH3 is 1. The van der Waals surface area contributed by atoms with Crippen LogP contribution in [-0.2, 0) is 16.1 Å². The second-order valence-electron chi connectivity index (χ2n) is 6.05. The van der Waals surface area contributed by atoms with Gasteiger partial charge < -0.3 is 21.1 Å². The van der Waals surface area contributed by atoms with Crippen LogP contribution in [-0.4, -0.2) is 25.0 Å². The summed E-state index contributed by atoms with van der Waals surface area (Å²) in [4.78, 5) is 23.3. The third-order valence-corrected chi connectivity index (χ3v) is 4.23. The molecule has 24 heavy (non-hydrogen) atoms. The van der Waals surface area contributed by atoms with E-state index in [9.17, 15) is 9.59 Å². The molecular weight excluding hydrogens is 330 g/mol. The highest BCUT2D eigenvalue weighted by atomic mass is 35.5. The molecule has 1 aromatic carbocycles. The lowest BCUT2D eigenvalue weighted by Gasteiger charge is -2.15. The lowest BCUT2D eigenvalue weighted by atomic mass is 10.00. The lowest BCUT2D eigenvalue weighted by Crippen LogP contribution is -2.31. The van der Waals surface area contributed by atoms with Gasteiger partial charge in [-0.1, -0.05) is 12.5 Å². The van der Waals surface area contributed by atoms with Crippen molar-refractivity contribution in [3.63, 3.8) is 0 Å². The van der Waals surface area contributed by atoms with Crippen molar-refractivity contribution >= 4 is 29.9 Å². The van der Waals surface area contributed by atoms with Gasteiger partial charge in [-0.25, -0.2) is 0 Å². The molecular formula is C17H26ClN3O3.